The first kappa shape index (κ1) is 13.6. The molecule has 4 heteroatoms. The number of nitrogens with zero attached hydrogens (tertiary/aromatic N) is 1. The molecule has 0 radical (unpaired) electrons. The van der Waals surface area contributed by atoms with Crippen LogP contribution in [-0.2, 0) is 11.3 Å². The maximum atomic E-state index is 11.7. The van der Waals surface area contributed by atoms with Crippen LogP contribution in [0.15, 0.2) is 17.5 Å². The summed E-state index contributed by atoms with van der Waals surface area (Å²) in [5.41, 5.74) is 0. The number of thiophene rings is 1. The Morgan fingerprint density at radius 3 is 3.00 bits per heavy atom. The lowest BCUT2D eigenvalue weighted by Gasteiger charge is -2.15. The molecule has 0 unspecified atom stereocenters. The van der Waals surface area contributed by atoms with Crippen LogP contribution in [0.3, 0.4) is 0 Å². The maximum Gasteiger partial charge on any atom is 0.232 e. The Hall–Kier alpha value is -0.480. The summed E-state index contributed by atoms with van der Waals surface area (Å²) in [5, 5.41) is 2.05. The zero-order valence-electron chi connectivity index (χ0n) is 9.94. The van der Waals surface area contributed by atoms with Crippen molar-refractivity contribution in [2.75, 3.05) is 18.6 Å². The summed E-state index contributed by atoms with van der Waals surface area (Å²) < 4.78 is 0. The largest absolute Gasteiger partial charge is 0.340 e. The number of hydrogen-bond donors (Lipinski definition) is 0. The van der Waals surface area contributed by atoms with Crippen LogP contribution in [0, 0.1) is 0 Å². The first-order valence-corrected chi connectivity index (χ1v) is 7.61. The monoisotopic (exact) mass is 257 g/mol. The van der Waals surface area contributed by atoms with Gasteiger partial charge in [0.1, 0.15) is 0 Å². The highest BCUT2D eigenvalue weighted by Crippen LogP contribution is 2.12. The predicted octanol–water partition coefficient (Wildman–Crippen LogP) is 3.24. The molecule has 1 aromatic heterocycles. The molecule has 0 aliphatic heterocycles. The summed E-state index contributed by atoms with van der Waals surface area (Å²) >= 11 is 3.44. The van der Waals surface area contributed by atoms with Crippen molar-refractivity contribution in [2.45, 2.75) is 26.3 Å². The number of hydrogen-bond acceptors (Lipinski definition) is 3. The van der Waals surface area contributed by atoms with Gasteiger partial charge >= 0.3 is 0 Å². The first-order valence-electron chi connectivity index (χ1n) is 5.58. The average Bonchev–Trinajstić information content (AvgIpc) is 2.76. The van der Waals surface area contributed by atoms with Gasteiger partial charge in [0.05, 0.1) is 12.3 Å². The molecule has 0 aliphatic rings. The maximum absolute atomic E-state index is 11.7. The lowest BCUT2D eigenvalue weighted by Crippen LogP contribution is -2.27. The summed E-state index contributed by atoms with van der Waals surface area (Å²) in [7, 11) is 1.88. The molecule has 90 valence electrons. The van der Waals surface area contributed by atoms with E-state index in [9.17, 15) is 4.79 Å². The van der Waals surface area contributed by atoms with Crippen molar-refractivity contribution in [2.24, 2.45) is 0 Å². The third-order valence-corrected chi connectivity index (χ3v) is 4.16. The van der Waals surface area contributed by atoms with E-state index >= 15 is 0 Å². The number of thioether (sulfide) groups is 1. The Bertz CT molecular complexity index is 298. The summed E-state index contributed by atoms with van der Waals surface area (Å²) in [4.78, 5) is 14.8. The summed E-state index contributed by atoms with van der Waals surface area (Å²) in [6.45, 7) is 2.91. The second-order valence-electron chi connectivity index (χ2n) is 3.74. The Morgan fingerprint density at radius 2 is 2.38 bits per heavy atom. The van der Waals surface area contributed by atoms with Crippen LogP contribution >= 0.6 is 23.1 Å². The Balaban J connectivity index is 2.20. The minimum atomic E-state index is 0.231. The number of rotatable bonds is 7. The van der Waals surface area contributed by atoms with E-state index in [4.69, 9.17) is 0 Å². The predicted molar refractivity (Wildman–Crippen MR) is 73.0 cm³/mol. The molecule has 0 aliphatic carbocycles. The van der Waals surface area contributed by atoms with Crippen molar-refractivity contribution in [1.82, 2.24) is 4.90 Å². The third-order valence-electron chi connectivity index (χ3n) is 2.27. The molecular formula is C12H19NOS2. The molecule has 0 saturated carbocycles. The number of carbonyl (C=O) groups is 1. The van der Waals surface area contributed by atoms with E-state index in [2.05, 4.69) is 13.0 Å². The van der Waals surface area contributed by atoms with Gasteiger partial charge in [0.25, 0.3) is 0 Å². The zero-order chi connectivity index (χ0) is 11.8. The molecule has 0 aromatic carbocycles. The topological polar surface area (TPSA) is 20.3 Å². The minimum absolute atomic E-state index is 0.231. The van der Waals surface area contributed by atoms with Crippen LogP contribution in [0.4, 0.5) is 0 Å². The van der Waals surface area contributed by atoms with Gasteiger partial charge in [0.2, 0.25) is 5.91 Å². The van der Waals surface area contributed by atoms with E-state index in [1.807, 2.05) is 23.4 Å². The van der Waals surface area contributed by atoms with Crippen LogP contribution in [0.1, 0.15) is 24.6 Å². The normalized spacial score (nSPS) is 10.4. The SMILES string of the molecule is CCCCSCC(=O)N(C)Cc1cccs1. The quantitative estimate of drug-likeness (QED) is 0.699. The van der Waals surface area contributed by atoms with Gasteiger partial charge in [-0.15, -0.1) is 11.3 Å². The van der Waals surface area contributed by atoms with Crippen molar-refractivity contribution in [3.8, 4) is 0 Å². The standard InChI is InChI=1S/C12H19NOS2/c1-3-4-7-15-10-12(14)13(2)9-11-6-5-8-16-11/h5-6,8H,3-4,7,9-10H2,1-2H3. The zero-order valence-corrected chi connectivity index (χ0v) is 11.6. The molecule has 0 N–H and O–H groups in total. The molecule has 16 heavy (non-hydrogen) atoms. The fourth-order valence-electron chi connectivity index (χ4n) is 1.24. The lowest BCUT2D eigenvalue weighted by molar-refractivity contribution is -0.127. The smallest absolute Gasteiger partial charge is 0.232 e. The number of unbranched alkanes of at least 4 members (excludes halogenated alkanes) is 1. The lowest BCUT2D eigenvalue weighted by atomic mass is 10.4. The molecule has 0 bridgehead atoms. The van der Waals surface area contributed by atoms with Crippen molar-refractivity contribution in [1.29, 1.82) is 0 Å². The summed E-state index contributed by atoms with van der Waals surface area (Å²) in [6, 6.07) is 4.09. The van der Waals surface area contributed by atoms with Crippen molar-refractivity contribution in [3.05, 3.63) is 22.4 Å². The Labute approximate surface area is 106 Å². The van der Waals surface area contributed by atoms with Gasteiger partial charge in [0, 0.05) is 11.9 Å². The van der Waals surface area contributed by atoms with Gasteiger partial charge in [-0.05, 0) is 23.6 Å². The Kier molecular flexibility index (Phi) is 6.57. The molecule has 0 saturated heterocycles. The third kappa shape index (κ3) is 5.03. The van der Waals surface area contributed by atoms with E-state index in [0.29, 0.717) is 5.75 Å². The molecular weight excluding hydrogens is 238 g/mol. The van der Waals surface area contributed by atoms with Gasteiger partial charge in [-0.2, -0.15) is 11.8 Å². The van der Waals surface area contributed by atoms with Crippen molar-refractivity contribution >= 4 is 29.0 Å². The number of carbonyl (C=O) groups excluding carboxylic acids is 1. The van der Waals surface area contributed by atoms with E-state index in [-0.39, 0.29) is 5.91 Å². The van der Waals surface area contributed by atoms with Crippen LogP contribution in [0.5, 0.6) is 0 Å². The van der Waals surface area contributed by atoms with Crippen LogP contribution < -0.4 is 0 Å². The van der Waals surface area contributed by atoms with Gasteiger partial charge < -0.3 is 4.90 Å². The second-order valence-corrected chi connectivity index (χ2v) is 5.87. The van der Waals surface area contributed by atoms with Gasteiger partial charge in [-0.3, -0.25) is 4.79 Å². The number of amides is 1. The van der Waals surface area contributed by atoms with Crippen LogP contribution in [0.25, 0.3) is 0 Å². The highest BCUT2D eigenvalue weighted by Gasteiger charge is 2.09. The van der Waals surface area contributed by atoms with Crippen LogP contribution in [-0.4, -0.2) is 29.4 Å². The average molecular weight is 257 g/mol. The van der Waals surface area contributed by atoms with E-state index in [0.717, 1.165) is 12.3 Å². The highest BCUT2D eigenvalue weighted by atomic mass is 32.2. The first-order chi connectivity index (χ1) is 7.74. The van der Waals surface area contributed by atoms with Crippen molar-refractivity contribution < 1.29 is 4.79 Å². The van der Waals surface area contributed by atoms with E-state index < -0.39 is 0 Å². The Morgan fingerprint density at radius 1 is 1.56 bits per heavy atom. The van der Waals surface area contributed by atoms with Gasteiger partial charge in [-0.25, -0.2) is 0 Å². The second kappa shape index (κ2) is 7.74. The summed E-state index contributed by atoms with van der Waals surface area (Å²) in [5.74, 6) is 1.94. The highest BCUT2D eigenvalue weighted by molar-refractivity contribution is 7.99. The van der Waals surface area contributed by atoms with E-state index in [1.54, 1.807) is 23.1 Å². The molecule has 0 atom stereocenters. The fraction of sp³-hybridized carbons (Fsp3) is 0.583. The van der Waals surface area contributed by atoms with Gasteiger partial charge in [0.15, 0.2) is 0 Å². The molecule has 1 heterocycles. The molecule has 0 spiro atoms. The molecule has 1 amide bonds. The van der Waals surface area contributed by atoms with Gasteiger partial charge in [-0.1, -0.05) is 19.4 Å². The van der Waals surface area contributed by atoms with E-state index in [1.165, 1.54) is 17.7 Å². The summed E-state index contributed by atoms with van der Waals surface area (Å²) in [6.07, 6.45) is 2.40. The fourth-order valence-corrected chi connectivity index (χ4v) is 3.03. The molecule has 2 nitrogen and oxygen atoms in total. The molecule has 1 aromatic rings. The van der Waals surface area contributed by atoms with Crippen molar-refractivity contribution in [3.63, 3.8) is 0 Å². The minimum Gasteiger partial charge on any atom is -0.340 e. The molecule has 0 fully saturated rings. The van der Waals surface area contributed by atoms with Crippen LogP contribution in [0.2, 0.25) is 0 Å². The molecule has 1 rings (SSSR count).